The molecule has 0 spiro atoms. The van der Waals surface area contributed by atoms with Gasteiger partial charge < -0.3 is 10.0 Å². The minimum atomic E-state index is -0.201. The molecule has 1 N–H and O–H groups in total. The van der Waals surface area contributed by atoms with E-state index in [0.29, 0.717) is 11.1 Å². The highest BCUT2D eigenvalue weighted by atomic mass is 16.2. The lowest BCUT2D eigenvalue weighted by Gasteiger charge is -2.16. The highest BCUT2D eigenvalue weighted by Gasteiger charge is 2.13. The molecule has 1 aromatic rings. The Balaban J connectivity index is 3.00. The number of carbonyl (C=O) groups excluding carboxylic acids is 1. The van der Waals surface area contributed by atoms with Gasteiger partial charge in [0.2, 0.25) is 0 Å². The van der Waals surface area contributed by atoms with Crippen molar-refractivity contribution in [1.82, 2.24) is 4.90 Å². The predicted molar refractivity (Wildman–Crippen MR) is 67.7 cm³/mol. The molecule has 90 valence electrons. The van der Waals surface area contributed by atoms with Gasteiger partial charge in [-0.1, -0.05) is 30.9 Å². The van der Waals surface area contributed by atoms with Gasteiger partial charge in [0.25, 0.3) is 5.91 Å². The Kier molecular flexibility index (Phi) is 5.25. The first-order valence-corrected chi connectivity index (χ1v) is 5.65. The van der Waals surface area contributed by atoms with Gasteiger partial charge >= 0.3 is 0 Å². The van der Waals surface area contributed by atoms with Gasteiger partial charge in [-0.3, -0.25) is 4.79 Å². The zero-order valence-corrected chi connectivity index (χ0v) is 10.2. The molecule has 0 bridgehead atoms. The van der Waals surface area contributed by atoms with E-state index in [2.05, 4.69) is 11.8 Å². The third-order valence-electron chi connectivity index (χ3n) is 2.37. The van der Waals surface area contributed by atoms with Crippen LogP contribution in [0, 0.1) is 11.8 Å². The number of aliphatic hydroxyl groups excluding tert-OH is 1. The van der Waals surface area contributed by atoms with E-state index in [1.54, 1.807) is 24.1 Å². The van der Waals surface area contributed by atoms with Crippen LogP contribution in [0.15, 0.2) is 24.3 Å². The quantitative estimate of drug-likeness (QED) is 0.801. The van der Waals surface area contributed by atoms with E-state index in [1.807, 2.05) is 19.1 Å². The standard InChI is InChI=1S/C14H17NO2/c1-3-10-15(2)14(17)13-9-5-4-7-12(13)8-6-11-16/h4-5,7,9,16H,3,10-11H2,1-2H3. The van der Waals surface area contributed by atoms with E-state index in [1.165, 1.54) is 0 Å². The van der Waals surface area contributed by atoms with Gasteiger partial charge in [-0.05, 0) is 18.6 Å². The van der Waals surface area contributed by atoms with E-state index >= 15 is 0 Å². The number of hydrogen-bond acceptors (Lipinski definition) is 2. The molecule has 1 amide bonds. The average molecular weight is 231 g/mol. The number of hydrogen-bond donors (Lipinski definition) is 1. The van der Waals surface area contributed by atoms with Crippen LogP contribution in [-0.2, 0) is 0 Å². The molecule has 0 atom stereocenters. The normalized spacial score (nSPS) is 9.35. The summed E-state index contributed by atoms with van der Waals surface area (Å²) >= 11 is 0. The number of aliphatic hydroxyl groups is 1. The van der Waals surface area contributed by atoms with Gasteiger partial charge in [0.1, 0.15) is 6.61 Å². The molecule has 1 aromatic carbocycles. The van der Waals surface area contributed by atoms with Crippen LogP contribution in [0.25, 0.3) is 0 Å². The first-order valence-electron chi connectivity index (χ1n) is 5.65. The summed E-state index contributed by atoms with van der Waals surface area (Å²) in [6.45, 7) is 2.55. The van der Waals surface area contributed by atoms with E-state index in [0.717, 1.165) is 13.0 Å². The SMILES string of the molecule is CCCN(C)C(=O)c1ccccc1C#CCO. The van der Waals surface area contributed by atoms with E-state index < -0.39 is 0 Å². The lowest BCUT2D eigenvalue weighted by Crippen LogP contribution is -2.28. The summed E-state index contributed by atoms with van der Waals surface area (Å²) < 4.78 is 0. The fraction of sp³-hybridized carbons (Fsp3) is 0.357. The van der Waals surface area contributed by atoms with E-state index in [-0.39, 0.29) is 12.5 Å². The summed E-state index contributed by atoms with van der Waals surface area (Å²) in [5, 5.41) is 8.68. The van der Waals surface area contributed by atoms with Crippen molar-refractivity contribution in [2.75, 3.05) is 20.2 Å². The number of nitrogens with zero attached hydrogens (tertiary/aromatic N) is 1. The molecule has 1 rings (SSSR count). The maximum atomic E-state index is 12.1. The van der Waals surface area contributed by atoms with Crippen LogP contribution < -0.4 is 0 Å². The van der Waals surface area contributed by atoms with Gasteiger partial charge in [0.05, 0.1) is 5.56 Å². The Morgan fingerprint density at radius 3 is 2.76 bits per heavy atom. The topological polar surface area (TPSA) is 40.5 Å². The molecule has 0 radical (unpaired) electrons. The molecule has 3 nitrogen and oxygen atoms in total. The van der Waals surface area contributed by atoms with Crippen molar-refractivity contribution in [3.63, 3.8) is 0 Å². The molecule has 0 heterocycles. The Morgan fingerprint density at radius 1 is 1.41 bits per heavy atom. The number of amides is 1. The molecule has 0 saturated heterocycles. The van der Waals surface area contributed by atoms with Gasteiger partial charge in [-0.25, -0.2) is 0 Å². The van der Waals surface area contributed by atoms with Crippen LogP contribution in [0.2, 0.25) is 0 Å². The van der Waals surface area contributed by atoms with Crippen molar-refractivity contribution in [1.29, 1.82) is 0 Å². The first-order chi connectivity index (χ1) is 8.20. The van der Waals surface area contributed by atoms with Crippen molar-refractivity contribution in [3.05, 3.63) is 35.4 Å². The van der Waals surface area contributed by atoms with Gasteiger partial charge in [0.15, 0.2) is 0 Å². The summed E-state index contributed by atoms with van der Waals surface area (Å²) in [4.78, 5) is 13.8. The number of benzene rings is 1. The highest BCUT2D eigenvalue weighted by molar-refractivity contribution is 5.96. The third kappa shape index (κ3) is 3.61. The summed E-state index contributed by atoms with van der Waals surface area (Å²) in [6, 6.07) is 7.20. The highest BCUT2D eigenvalue weighted by Crippen LogP contribution is 2.10. The second kappa shape index (κ2) is 6.72. The van der Waals surface area contributed by atoms with Gasteiger partial charge in [-0.2, -0.15) is 0 Å². The Bertz CT molecular complexity index is 443. The van der Waals surface area contributed by atoms with Crippen molar-refractivity contribution in [2.45, 2.75) is 13.3 Å². The summed E-state index contributed by atoms with van der Waals surface area (Å²) in [6.07, 6.45) is 0.923. The molecule has 0 fully saturated rings. The largest absolute Gasteiger partial charge is 0.384 e. The Morgan fingerprint density at radius 2 is 2.12 bits per heavy atom. The number of carbonyl (C=O) groups is 1. The lowest BCUT2D eigenvalue weighted by atomic mass is 10.1. The lowest BCUT2D eigenvalue weighted by molar-refractivity contribution is 0.0795. The summed E-state index contributed by atoms with van der Waals surface area (Å²) in [5.41, 5.74) is 1.25. The number of rotatable bonds is 3. The van der Waals surface area contributed by atoms with Crippen LogP contribution in [0.1, 0.15) is 29.3 Å². The zero-order chi connectivity index (χ0) is 12.7. The summed E-state index contributed by atoms with van der Waals surface area (Å²) in [7, 11) is 1.78. The molecule has 0 aliphatic rings. The molecule has 3 heteroatoms. The average Bonchev–Trinajstić information content (AvgIpc) is 2.36. The molecular weight excluding hydrogens is 214 g/mol. The monoisotopic (exact) mass is 231 g/mol. The van der Waals surface area contributed by atoms with Crippen molar-refractivity contribution >= 4 is 5.91 Å². The van der Waals surface area contributed by atoms with Crippen molar-refractivity contribution in [2.24, 2.45) is 0 Å². The van der Waals surface area contributed by atoms with Crippen molar-refractivity contribution < 1.29 is 9.90 Å². The molecule has 0 saturated carbocycles. The zero-order valence-electron chi connectivity index (χ0n) is 10.2. The molecule has 0 unspecified atom stereocenters. The first kappa shape index (κ1) is 13.3. The summed E-state index contributed by atoms with van der Waals surface area (Å²) in [5.74, 6) is 5.33. The molecular formula is C14H17NO2. The fourth-order valence-electron chi connectivity index (χ4n) is 1.56. The van der Waals surface area contributed by atoms with Crippen LogP contribution >= 0.6 is 0 Å². The Labute approximate surface area is 102 Å². The van der Waals surface area contributed by atoms with Gasteiger partial charge in [0, 0.05) is 19.2 Å². The van der Waals surface area contributed by atoms with Crippen LogP contribution in [0.4, 0.5) is 0 Å². The maximum Gasteiger partial charge on any atom is 0.254 e. The smallest absolute Gasteiger partial charge is 0.254 e. The molecule has 0 aliphatic heterocycles. The molecule has 0 aliphatic carbocycles. The maximum absolute atomic E-state index is 12.1. The van der Waals surface area contributed by atoms with E-state index in [4.69, 9.17) is 5.11 Å². The second-order valence-electron chi connectivity index (χ2n) is 3.73. The van der Waals surface area contributed by atoms with Crippen LogP contribution in [0.5, 0.6) is 0 Å². The van der Waals surface area contributed by atoms with Gasteiger partial charge in [-0.15, -0.1) is 0 Å². The molecule has 17 heavy (non-hydrogen) atoms. The predicted octanol–water partition coefficient (Wildman–Crippen LogP) is 1.51. The minimum absolute atomic E-state index is 0.0327. The molecule has 0 aromatic heterocycles. The van der Waals surface area contributed by atoms with E-state index in [9.17, 15) is 4.79 Å². The third-order valence-corrected chi connectivity index (χ3v) is 2.37. The van der Waals surface area contributed by atoms with Crippen LogP contribution in [0.3, 0.4) is 0 Å². The Hall–Kier alpha value is -1.79. The fourth-order valence-corrected chi connectivity index (χ4v) is 1.56. The second-order valence-corrected chi connectivity index (χ2v) is 3.73. The van der Waals surface area contributed by atoms with Crippen LogP contribution in [-0.4, -0.2) is 36.1 Å². The van der Waals surface area contributed by atoms with Crippen molar-refractivity contribution in [3.8, 4) is 11.8 Å². The minimum Gasteiger partial charge on any atom is -0.384 e.